The average Bonchev–Trinajstić information content (AvgIpc) is 2.84. The van der Waals surface area contributed by atoms with Crippen LogP contribution in [0.4, 0.5) is 0 Å². The van der Waals surface area contributed by atoms with Crippen LogP contribution in [0.5, 0.6) is 0 Å². The molecule has 0 aliphatic carbocycles. The molecule has 0 spiro atoms. The molecule has 6 heteroatoms. The van der Waals surface area contributed by atoms with E-state index in [1.807, 2.05) is 0 Å². The Morgan fingerprint density at radius 2 is 2.47 bits per heavy atom. The zero-order valence-corrected chi connectivity index (χ0v) is 11.9. The lowest BCUT2D eigenvalue weighted by atomic mass is 10.0. The van der Waals surface area contributed by atoms with Gasteiger partial charge in [0.25, 0.3) is 0 Å². The summed E-state index contributed by atoms with van der Waals surface area (Å²) in [6.45, 7) is 5.17. The molecule has 0 unspecified atom stereocenters. The first-order chi connectivity index (χ1) is 9.29. The van der Waals surface area contributed by atoms with Gasteiger partial charge in [0.1, 0.15) is 12.2 Å². The van der Waals surface area contributed by atoms with E-state index in [0.717, 1.165) is 38.7 Å². The molecule has 2 rings (SSSR count). The Morgan fingerprint density at radius 3 is 3.21 bits per heavy atom. The molecule has 1 aromatic rings. The SMILES string of the molecule is COCCn1cnnc1CN(C)C[C@H]1CCCOC1. The van der Waals surface area contributed by atoms with E-state index in [9.17, 15) is 0 Å². The Bertz CT molecular complexity index is 363. The van der Waals surface area contributed by atoms with Crippen molar-refractivity contribution in [3.8, 4) is 0 Å². The molecule has 1 aliphatic heterocycles. The predicted molar refractivity (Wildman–Crippen MR) is 71.8 cm³/mol. The molecule has 0 amide bonds. The highest BCUT2D eigenvalue weighted by Gasteiger charge is 2.17. The molecule has 0 N–H and O–H groups in total. The summed E-state index contributed by atoms with van der Waals surface area (Å²) in [5, 5.41) is 8.17. The van der Waals surface area contributed by atoms with E-state index in [1.165, 1.54) is 12.8 Å². The topological polar surface area (TPSA) is 52.4 Å². The summed E-state index contributed by atoms with van der Waals surface area (Å²) in [4.78, 5) is 2.30. The van der Waals surface area contributed by atoms with Crippen LogP contribution in [0.25, 0.3) is 0 Å². The van der Waals surface area contributed by atoms with Crippen molar-refractivity contribution in [3.63, 3.8) is 0 Å². The average molecular weight is 268 g/mol. The van der Waals surface area contributed by atoms with Gasteiger partial charge in [0, 0.05) is 26.8 Å². The second-order valence-corrected chi connectivity index (χ2v) is 5.21. The van der Waals surface area contributed by atoms with Gasteiger partial charge in [0.2, 0.25) is 0 Å². The van der Waals surface area contributed by atoms with Crippen LogP contribution >= 0.6 is 0 Å². The Morgan fingerprint density at radius 1 is 1.58 bits per heavy atom. The van der Waals surface area contributed by atoms with Crippen molar-refractivity contribution in [3.05, 3.63) is 12.2 Å². The van der Waals surface area contributed by atoms with Gasteiger partial charge in [0.15, 0.2) is 0 Å². The maximum Gasteiger partial charge on any atom is 0.147 e. The van der Waals surface area contributed by atoms with Crippen molar-refractivity contribution in [2.24, 2.45) is 5.92 Å². The van der Waals surface area contributed by atoms with Gasteiger partial charge in [-0.2, -0.15) is 0 Å². The quantitative estimate of drug-likeness (QED) is 0.731. The van der Waals surface area contributed by atoms with Crippen molar-refractivity contribution >= 4 is 0 Å². The molecular weight excluding hydrogens is 244 g/mol. The lowest BCUT2D eigenvalue weighted by Crippen LogP contribution is -2.31. The number of aromatic nitrogens is 3. The van der Waals surface area contributed by atoms with Crippen molar-refractivity contribution < 1.29 is 9.47 Å². The predicted octanol–water partition coefficient (Wildman–Crippen LogP) is 0.783. The summed E-state index contributed by atoms with van der Waals surface area (Å²) >= 11 is 0. The van der Waals surface area contributed by atoms with Crippen LogP contribution in [0.2, 0.25) is 0 Å². The van der Waals surface area contributed by atoms with Crippen LogP contribution in [0, 0.1) is 5.92 Å². The maximum absolute atomic E-state index is 5.52. The number of methoxy groups -OCH3 is 1. The van der Waals surface area contributed by atoms with Crippen LogP contribution < -0.4 is 0 Å². The highest BCUT2D eigenvalue weighted by Crippen LogP contribution is 2.15. The van der Waals surface area contributed by atoms with Crippen LogP contribution in [0.3, 0.4) is 0 Å². The normalized spacial score (nSPS) is 20.1. The van der Waals surface area contributed by atoms with Gasteiger partial charge in [-0.25, -0.2) is 0 Å². The third-order valence-electron chi connectivity index (χ3n) is 3.47. The standard InChI is InChI=1S/C13H24N4O2/c1-16(8-12-4-3-6-19-10-12)9-13-15-14-11-17(13)5-7-18-2/h11-12H,3-10H2,1-2H3/t12-/m1/s1. The first-order valence-corrected chi connectivity index (χ1v) is 6.91. The Hall–Kier alpha value is -0.980. The fourth-order valence-corrected chi connectivity index (χ4v) is 2.48. The van der Waals surface area contributed by atoms with Crippen molar-refractivity contribution in [2.45, 2.75) is 25.9 Å². The van der Waals surface area contributed by atoms with Gasteiger partial charge < -0.3 is 14.0 Å². The highest BCUT2D eigenvalue weighted by molar-refractivity contribution is 4.86. The Balaban J connectivity index is 1.80. The highest BCUT2D eigenvalue weighted by atomic mass is 16.5. The molecule has 1 aliphatic rings. The molecule has 1 fully saturated rings. The van der Waals surface area contributed by atoms with Crippen molar-refractivity contribution in [1.82, 2.24) is 19.7 Å². The molecule has 1 saturated heterocycles. The van der Waals surface area contributed by atoms with Crippen LogP contribution in [0.1, 0.15) is 18.7 Å². The molecule has 1 atom stereocenters. The zero-order chi connectivity index (χ0) is 13.5. The zero-order valence-electron chi connectivity index (χ0n) is 11.9. The number of hydrogen-bond acceptors (Lipinski definition) is 5. The minimum atomic E-state index is 0.647. The number of hydrogen-bond donors (Lipinski definition) is 0. The summed E-state index contributed by atoms with van der Waals surface area (Å²) in [5.41, 5.74) is 0. The smallest absolute Gasteiger partial charge is 0.147 e. The third kappa shape index (κ3) is 4.56. The molecule has 0 saturated carbocycles. The van der Waals surface area contributed by atoms with E-state index in [1.54, 1.807) is 13.4 Å². The number of ether oxygens (including phenoxy) is 2. The van der Waals surface area contributed by atoms with E-state index in [0.29, 0.717) is 12.5 Å². The molecular formula is C13H24N4O2. The van der Waals surface area contributed by atoms with Gasteiger partial charge in [-0.05, 0) is 25.8 Å². The molecule has 2 heterocycles. The van der Waals surface area contributed by atoms with E-state index in [-0.39, 0.29) is 0 Å². The Kier molecular flexibility index (Phi) is 5.75. The van der Waals surface area contributed by atoms with Gasteiger partial charge in [0.05, 0.1) is 19.8 Å². The van der Waals surface area contributed by atoms with E-state index in [4.69, 9.17) is 9.47 Å². The number of nitrogens with zero attached hydrogens (tertiary/aromatic N) is 4. The molecule has 6 nitrogen and oxygen atoms in total. The summed E-state index contributed by atoms with van der Waals surface area (Å²) in [6, 6.07) is 0. The summed E-state index contributed by atoms with van der Waals surface area (Å²) in [7, 11) is 3.84. The van der Waals surface area contributed by atoms with Gasteiger partial charge in [-0.15, -0.1) is 10.2 Å². The van der Waals surface area contributed by atoms with Gasteiger partial charge in [-0.1, -0.05) is 0 Å². The van der Waals surface area contributed by atoms with Crippen LogP contribution in [0.15, 0.2) is 6.33 Å². The van der Waals surface area contributed by atoms with Crippen molar-refractivity contribution in [1.29, 1.82) is 0 Å². The lowest BCUT2D eigenvalue weighted by Gasteiger charge is -2.26. The molecule has 0 bridgehead atoms. The summed E-state index contributed by atoms with van der Waals surface area (Å²) < 4.78 is 12.7. The third-order valence-corrected chi connectivity index (χ3v) is 3.47. The van der Waals surface area contributed by atoms with E-state index >= 15 is 0 Å². The first kappa shape index (κ1) is 14.4. The number of rotatable bonds is 7. The first-order valence-electron chi connectivity index (χ1n) is 6.91. The van der Waals surface area contributed by atoms with Crippen molar-refractivity contribution in [2.75, 3.05) is 40.5 Å². The summed E-state index contributed by atoms with van der Waals surface area (Å²) in [6.07, 6.45) is 4.22. The fourth-order valence-electron chi connectivity index (χ4n) is 2.48. The lowest BCUT2D eigenvalue weighted by molar-refractivity contribution is 0.0407. The molecule has 0 radical (unpaired) electrons. The minimum Gasteiger partial charge on any atom is -0.383 e. The maximum atomic E-state index is 5.52. The van der Waals surface area contributed by atoms with Gasteiger partial charge >= 0.3 is 0 Å². The van der Waals surface area contributed by atoms with Crippen LogP contribution in [-0.4, -0.2) is 60.2 Å². The monoisotopic (exact) mass is 268 g/mol. The molecule has 1 aromatic heterocycles. The van der Waals surface area contributed by atoms with Gasteiger partial charge in [-0.3, -0.25) is 4.90 Å². The van der Waals surface area contributed by atoms with Crippen LogP contribution in [-0.2, 0) is 22.6 Å². The summed E-state index contributed by atoms with van der Waals surface area (Å²) in [5.74, 6) is 1.64. The molecule has 0 aromatic carbocycles. The second-order valence-electron chi connectivity index (χ2n) is 5.21. The minimum absolute atomic E-state index is 0.647. The molecule has 19 heavy (non-hydrogen) atoms. The van der Waals surface area contributed by atoms with E-state index < -0.39 is 0 Å². The Labute approximate surface area is 114 Å². The largest absolute Gasteiger partial charge is 0.383 e. The van der Waals surface area contributed by atoms with E-state index in [2.05, 4.69) is 26.7 Å². The molecule has 108 valence electrons. The second kappa shape index (κ2) is 7.57. The fraction of sp³-hybridized carbons (Fsp3) is 0.846.